The van der Waals surface area contributed by atoms with Crippen LogP contribution in [0.15, 0.2) is 72.8 Å². The standard InChI is InChI=1S/C22H19NO3/c1-2-26-22-13-11-21(12-14-22)23(19-7-3-17(15-24)4-8-19)20-9-5-18(16-25)6-10-20/h3-16H,2H2,1H3. The summed E-state index contributed by atoms with van der Waals surface area (Å²) in [5.74, 6) is 0.809. The van der Waals surface area contributed by atoms with E-state index in [1.54, 1.807) is 24.3 Å². The van der Waals surface area contributed by atoms with Gasteiger partial charge in [0.25, 0.3) is 0 Å². The van der Waals surface area contributed by atoms with Crippen LogP contribution in [-0.2, 0) is 0 Å². The largest absolute Gasteiger partial charge is 0.494 e. The summed E-state index contributed by atoms with van der Waals surface area (Å²) in [6.45, 7) is 2.56. The number of benzene rings is 3. The Labute approximate surface area is 152 Å². The molecular formula is C22H19NO3. The zero-order valence-corrected chi connectivity index (χ0v) is 14.5. The van der Waals surface area contributed by atoms with Crippen molar-refractivity contribution in [3.05, 3.63) is 83.9 Å². The van der Waals surface area contributed by atoms with E-state index in [2.05, 4.69) is 4.90 Å². The summed E-state index contributed by atoms with van der Waals surface area (Å²) >= 11 is 0. The van der Waals surface area contributed by atoms with E-state index in [4.69, 9.17) is 4.74 Å². The fourth-order valence-electron chi connectivity index (χ4n) is 2.71. The molecule has 0 N–H and O–H groups in total. The normalized spacial score (nSPS) is 10.2. The van der Waals surface area contributed by atoms with Gasteiger partial charge < -0.3 is 9.64 Å². The molecule has 0 saturated heterocycles. The molecule has 0 aromatic heterocycles. The molecule has 130 valence electrons. The average molecular weight is 345 g/mol. The molecule has 0 aliphatic carbocycles. The average Bonchev–Trinajstić information content (AvgIpc) is 2.71. The van der Waals surface area contributed by atoms with Crippen LogP contribution in [0.2, 0.25) is 0 Å². The van der Waals surface area contributed by atoms with Crippen LogP contribution in [0.3, 0.4) is 0 Å². The van der Waals surface area contributed by atoms with E-state index in [1.165, 1.54) is 0 Å². The van der Waals surface area contributed by atoms with E-state index in [0.29, 0.717) is 17.7 Å². The van der Waals surface area contributed by atoms with Crippen molar-refractivity contribution in [1.82, 2.24) is 0 Å². The van der Waals surface area contributed by atoms with Crippen molar-refractivity contribution in [3.63, 3.8) is 0 Å². The van der Waals surface area contributed by atoms with Gasteiger partial charge in [0.15, 0.2) is 0 Å². The van der Waals surface area contributed by atoms with Crippen molar-refractivity contribution in [2.45, 2.75) is 6.92 Å². The van der Waals surface area contributed by atoms with Crippen molar-refractivity contribution in [1.29, 1.82) is 0 Å². The van der Waals surface area contributed by atoms with Crippen molar-refractivity contribution < 1.29 is 14.3 Å². The SMILES string of the molecule is CCOc1ccc(N(c2ccc(C=O)cc2)c2ccc(C=O)cc2)cc1. The molecule has 0 aliphatic rings. The summed E-state index contributed by atoms with van der Waals surface area (Å²) in [6, 6.07) is 22.5. The summed E-state index contributed by atoms with van der Waals surface area (Å²) in [5, 5.41) is 0. The lowest BCUT2D eigenvalue weighted by Crippen LogP contribution is -2.10. The predicted octanol–water partition coefficient (Wildman–Crippen LogP) is 5.18. The second-order valence-corrected chi connectivity index (χ2v) is 5.68. The first-order valence-corrected chi connectivity index (χ1v) is 8.38. The van der Waals surface area contributed by atoms with E-state index < -0.39 is 0 Å². The third-order valence-corrected chi connectivity index (χ3v) is 3.98. The highest BCUT2D eigenvalue weighted by Crippen LogP contribution is 2.35. The van der Waals surface area contributed by atoms with Crippen LogP contribution < -0.4 is 9.64 Å². The number of hydrogen-bond acceptors (Lipinski definition) is 4. The number of carbonyl (C=O) groups is 2. The Hall–Kier alpha value is -3.40. The molecule has 3 aromatic rings. The van der Waals surface area contributed by atoms with Gasteiger partial charge in [-0.1, -0.05) is 0 Å². The summed E-state index contributed by atoms with van der Waals surface area (Å²) in [6.07, 6.45) is 1.65. The summed E-state index contributed by atoms with van der Waals surface area (Å²) in [5.41, 5.74) is 4.02. The number of ether oxygens (including phenoxy) is 1. The second-order valence-electron chi connectivity index (χ2n) is 5.68. The number of carbonyl (C=O) groups excluding carboxylic acids is 2. The molecule has 4 heteroatoms. The monoisotopic (exact) mass is 345 g/mol. The van der Waals surface area contributed by atoms with Gasteiger partial charge in [-0.05, 0) is 79.7 Å². The van der Waals surface area contributed by atoms with Gasteiger partial charge in [-0.3, -0.25) is 9.59 Å². The number of aldehydes is 2. The Balaban J connectivity index is 2.04. The number of hydrogen-bond donors (Lipinski definition) is 0. The Morgan fingerprint density at radius 3 is 1.42 bits per heavy atom. The Morgan fingerprint density at radius 2 is 1.08 bits per heavy atom. The third-order valence-electron chi connectivity index (χ3n) is 3.98. The number of rotatable bonds is 7. The van der Waals surface area contributed by atoms with Crippen molar-refractivity contribution in [2.24, 2.45) is 0 Å². The Bertz CT molecular complexity index is 817. The maximum absolute atomic E-state index is 10.9. The molecule has 0 radical (unpaired) electrons. The molecule has 4 nitrogen and oxygen atoms in total. The van der Waals surface area contributed by atoms with Crippen LogP contribution in [0.5, 0.6) is 5.75 Å². The lowest BCUT2D eigenvalue weighted by molar-refractivity contribution is 0.111. The molecule has 0 saturated carbocycles. The highest BCUT2D eigenvalue weighted by atomic mass is 16.5. The summed E-state index contributed by atoms with van der Waals surface area (Å²) in [7, 11) is 0. The van der Waals surface area contributed by atoms with Crippen LogP contribution in [0.1, 0.15) is 27.6 Å². The van der Waals surface area contributed by atoms with Gasteiger partial charge in [-0.25, -0.2) is 0 Å². The molecule has 0 aliphatic heterocycles. The van der Waals surface area contributed by atoms with Gasteiger partial charge in [0.1, 0.15) is 18.3 Å². The predicted molar refractivity (Wildman–Crippen MR) is 103 cm³/mol. The van der Waals surface area contributed by atoms with Gasteiger partial charge in [0, 0.05) is 28.2 Å². The molecule has 0 heterocycles. The zero-order valence-electron chi connectivity index (χ0n) is 14.5. The first kappa shape index (κ1) is 17.4. The van der Waals surface area contributed by atoms with Gasteiger partial charge >= 0.3 is 0 Å². The lowest BCUT2D eigenvalue weighted by atomic mass is 10.1. The van der Waals surface area contributed by atoms with Crippen LogP contribution >= 0.6 is 0 Å². The van der Waals surface area contributed by atoms with Crippen LogP contribution in [0.4, 0.5) is 17.1 Å². The van der Waals surface area contributed by atoms with E-state index in [-0.39, 0.29) is 0 Å². The van der Waals surface area contributed by atoms with Crippen LogP contribution in [0.25, 0.3) is 0 Å². The molecule has 0 spiro atoms. The molecule has 0 amide bonds. The maximum atomic E-state index is 10.9. The van der Waals surface area contributed by atoms with Crippen molar-refractivity contribution in [3.8, 4) is 5.75 Å². The molecule has 0 fully saturated rings. The Morgan fingerprint density at radius 1 is 0.692 bits per heavy atom. The van der Waals surface area contributed by atoms with E-state index in [0.717, 1.165) is 35.4 Å². The molecule has 0 bridgehead atoms. The lowest BCUT2D eigenvalue weighted by Gasteiger charge is -2.25. The molecule has 0 atom stereocenters. The zero-order chi connectivity index (χ0) is 18.4. The smallest absolute Gasteiger partial charge is 0.150 e. The molecule has 3 aromatic carbocycles. The summed E-state index contributed by atoms with van der Waals surface area (Å²) < 4.78 is 5.52. The Kier molecular flexibility index (Phi) is 5.44. The first-order chi connectivity index (χ1) is 12.7. The molecule has 3 rings (SSSR count). The fraction of sp³-hybridized carbons (Fsp3) is 0.0909. The molecule has 26 heavy (non-hydrogen) atoms. The fourth-order valence-corrected chi connectivity index (χ4v) is 2.71. The third kappa shape index (κ3) is 3.81. The quantitative estimate of drug-likeness (QED) is 0.554. The highest BCUT2D eigenvalue weighted by molar-refractivity contribution is 5.82. The van der Waals surface area contributed by atoms with Crippen molar-refractivity contribution in [2.75, 3.05) is 11.5 Å². The minimum absolute atomic E-state index is 0.614. The number of anilines is 3. The van der Waals surface area contributed by atoms with Gasteiger partial charge in [-0.15, -0.1) is 0 Å². The van der Waals surface area contributed by atoms with Gasteiger partial charge in [0.05, 0.1) is 6.61 Å². The van der Waals surface area contributed by atoms with Gasteiger partial charge in [0.2, 0.25) is 0 Å². The van der Waals surface area contributed by atoms with Crippen LogP contribution in [-0.4, -0.2) is 19.2 Å². The van der Waals surface area contributed by atoms with Crippen LogP contribution in [0, 0.1) is 0 Å². The first-order valence-electron chi connectivity index (χ1n) is 8.38. The van der Waals surface area contributed by atoms with E-state index in [9.17, 15) is 9.59 Å². The highest BCUT2D eigenvalue weighted by Gasteiger charge is 2.12. The summed E-state index contributed by atoms with van der Waals surface area (Å²) in [4.78, 5) is 23.9. The molecular weight excluding hydrogens is 326 g/mol. The van der Waals surface area contributed by atoms with E-state index >= 15 is 0 Å². The van der Waals surface area contributed by atoms with E-state index in [1.807, 2.05) is 55.5 Å². The second kappa shape index (κ2) is 8.12. The minimum Gasteiger partial charge on any atom is -0.494 e. The number of nitrogens with zero attached hydrogens (tertiary/aromatic N) is 1. The maximum Gasteiger partial charge on any atom is 0.150 e. The topological polar surface area (TPSA) is 46.6 Å². The van der Waals surface area contributed by atoms with Crippen molar-refractivity contribution >= 4 is 29.6 Å². The van der Waals surface area contributed by atoms with Gasteiger partial charge in [-0.2, -0.15) is 0 Å². The minimum atomic E-state index is 0.614. The molecule has 0 unspecified atom stereocenters.